The number of likely N-dealkylation sites (N-methyl/N-ethyl adjacent to an activating group) is 1. The first-order valence-corrected chi connectivity index (χ1v) is 7.81. The van der Waals surface area contributed by atoms with E-state index < -0.39 is 22.0 Å². The van der Waals surface area contributed by atoms with Crippen molar-refractivity contribution < 1.29 is 18.3 Å². The number of sulfonamides is 1. The van der Waals surface area contributed by atoms with Gasteiger partial charge in [-0.1, -0.05) is 11.6 Å². The zero-order chi connectivity index (χ0) is 16.5. The number of aromatic amines is 1. The fourth-order valence-electron chi connectivity index (χ4n) is 1.64. The molecule has 0 saturated heterocycles. The molecule has 0 bridgehead atoms. The predicted molar refractivity (Wildman–Crippen MR) is 76.7 cm³/mol. The van der Waals surface area contributed by atoms with E-state index in [1.807, 2.05) is 0 Å². The maximum absolute atomic E-state index is 12.5. The lowest BCUT2D eigenvalue weighted by atomic mass is 10.2. The molecular weight excluding hydrogens is 334 g/mol. The van der Waals surface area contributed by atoms with Crippen molar-refractivity contribution >= 4 is 27.6 Å². The molecule has 1 atom stereocenters. The zero-order valence-corrected chi connectivity index (χ0v) is 13.1. The quantitative estimate of drug-likeness (QED) is 0.812. The average molecular weight is 346 g/mol. The van der Waals surface area contributed by atoms with Crippen molar-refractivity contribution in [2.45, 2.75) is 17.9 Å². The van der Waals surface area contributed by atoms with Crippen LogP contribution in [0.15, 0.2) is 23.1 Å². The molecule has 0 fully saturated rings. The van der Waals surface area contributed by atoms with E-state index in [0.29, 0.717) is 0 Å². The van der Waals surface area contributed by atoms with Gasteiger partial charge in [-0.05, 0) is 30.3 Å². The lowest BCUT2D eigenvalue weighted by molar-refractivity contribution is -0.140. The molecule has 1 aromatic heterocycles. The Morgan fingerprint density at radius 1 is 1.45 bits per heavy atom. The Morgan fingerprint density at radius 3 is 2.68 bits per heavy atom. The molecule has 1 aromatic carbocycles. The predicted octanol–water partition coefficient (Wildman–Crippen LogP) is 0.614. The molecule has 0 aliphatic rings. The van der Waals surface area contributed by atoms with Gasteiger partial charge in [0, 0.05) is 12.6 Å². The van der Waals surface area contributed by atoms with Crippen LogP contribution in [0.2, 0.25) is 5.02 Å². The van der Waals surface area contributed by atoms with Crippen LogP contribution >= 0.6 is 11.6 Å². The number of tetrazole rings is 1. The second-order valence-corrected chi connectivity index (χ2v) is 6.82. The number of aliphatic carboxylic acids is 1. The van der Waals surface area contributed by atoms with Crippen LogP contribution in [0.25, 0.3) is 11.4 Å². The standard InChI is InChI=1S/C11H12ClN5O4S/c1-6(11(18)19)17(2)22(20,21)7-3-4-9(12)8(5-7)10-13-15-16-14-10/h3-6H,1-2H3,(H,18,19)(H,13,14,15,16). The largest absolute Gasteiger partial charge is 0.480 e. The minimum Gasteiger partial charge on any atom is -0.480 e. The van der Waals surface area contributed by atoms with Crippen molar-refractivity contribution in [2.24, 2.45) is 0 Å². The summed E-state index contributed by atoms with van der Waals surface area (Å²) in [6.45, 7) is 1.27. The molecule has 1 unspecified atom stereocenters. The number of aromatic nitrogens is 4. The lowest BCUT2D eigenvalue weighted by Gasteiger charge is -2.21. The van der Waals surface area contributed by atoms with E-state index >= 15 is 0 Å². The number of nitrogens with zero attached hydrogens (tertiary/aromatic N) is 4. The van der Waals surface area contributed by atoms with Gasteiger partial charge in [-0.15, -0.1) is 10.2 Å². The van der Waals surface area contributed by atoms with E-state index in [2.05, 4.69) is 20.6 Å². The van der Waals surface area contributed by atoms with Crippen LogP contribution in [0.1, 0.15) is 6.92 Å². The van der Waals surface area contributed by atoms with Gasteiger partial charge in [-0.25, -0.2) is 8.42 Å². The number of carboxylic acid groups (broad SMARTS) is 1. The molecule has 0 amide bonds. The first-order valence-electron chi connectivity index (χ1n) is 5.99. The van der Waals surface area contributed by atoms with Crippen LogP contribution in [-0.4, -0.2) is 57.5 Å². The van der Waals surface area contributed by atoms with Crippen molar-refractivity contribution in [3.63, 3.8) is 0 Å². The molecule has 2 N–H and O–H groups in total. The van der Waals surface area contributed by atoms with Gasteiger partial charge in [0.25, 0.3) is 0 Å². The molecule has 0 aliphatic carbocycles. The fourth-order valence-corrected chi connectivity index (χ4v) is 3.19. The van der Waals surface area contributed by atoms with Crippen LogP contribution < -0.4 is 0 Å². The number of hydrogen-bond acceptors (Lipinski definition) is 6. The Morgan fingerprint density at radius 2 is 2.14 bits per heavy atom. The smallest absolute Gasteiger partial charge is 0.321 e. The van der Waals surface area contributed by atoms with E-state index in [9.17, 15) is 13.2 Å². The van der Waals surface area contributed by atoms with Gasteiger partial charge in [0.05, 0.1) is 9.92 Å². The second-order valence-electron chi connectivity index (χ2n) is 4.41. The highest BCUT2D eigenvalue weighted by molar-refractivity contribution is 7.89. The average Bonchev–Trinajstić information content (AvgIpc) is 2.99. The summed E-state index contributed by atoms with van der Waals surface area (Å²) in [6, 6.07) is 2.72. The van der Waals surface area contributed by atoms with Crippen LogP contribution in [0, 0.1) is 0 Å². The molecule has 0 radical (unpaired) electrons. The third-order valence-corrected chi connectivity index (χ3v) is 5.36. The molecule has 0 aliphatic heterocycles. The molecule has 2 rings (SSSR count). The first-order chi connectivity index (χ1) is 10.2. The number of nitrogens with one attached hydrogen (secondary N) is 1. The van der Waals surface area contributed by atoms with Crippen LogP contribution in [0.4, 0.5) is 0 Å². The molecule has 0 saturated carbocycles. The maximum atomic E-state index is 12.5. The molecule has 22 heavy (non-hydrogen) atoms. The summed E-state index contributed by atoms with van der Waals surface area (Å²) >= 11 is 6.01. The highest BCUT2D eigenvalue weighted by atomic mass is 35.5. The summed E-state index contributed by atoms with van der Waals surface area (Å²) in [5, 5.41) is 22.3. The Hall–Kier alpha value is -2.04. The number of hydrogen-bond donors (Lipinski definition) is 2. The van der Waals surface area contributed by atoms with Gasteiger partial charge in [0.1, 0.15) is 6.04 Å². The number of rotatable bonds is 5. The van der Waals surface area contributed by atoms with Gasteiger partial charge < -0.3 is 5.11 Å². The van der Waals surface area contributed by atoms with E-state index in [-0.39, 0.29) is 21.3 Å². The van der Waals surface area contributed by atoms with Gasteiger partial charge in [-0.2, -0.15) is 9.52 Å². The molecule has 0 spiro atoms. The minimum absolute atomic E-state index is 0.118. The van der Waals surface area contributed by atoms with E-state index in [0.717, 1.165) is 4.31 Å². The molecule has 11 heteroatoms. The zero-order valence-electron chi connectivity index (χ0n) is 11.6. The third-order valence-electron chi connectivity index (χ3n) is 3.10. The van der Waals surface area contributed by atoms with Crippen LogP contribution in [-0.2, 0) is 14.8 Å². The number of halogens is 1. The fraction of sp³-hybridized carbons (Fsp3) is 0.273. The highest BCUT2D eigenvalue weighted by Gasteiger charge is 2.30. The summed E-state index contributed by atoms with van der Waals surface area (Å²) in [4.78, 5) is 10.8. The van der Waals surface area contributed by atoms with Crippen molar-refractivity contribution in [2.75, 3.05) is 7.05 Å². The maximum Gasteiger partial charge on any atom is 0.321 e. The SMILES string of the molecule is CC(C(=O)O)N(C)S(=O)(=O)c1ccc(Cl)c(-c2nn[nH]n2)c1. The van der Waals surface area contributed by atoms with Crippen molar-refractivity contribution in [3.8, 4) is 11.4 Å². The van der Waals surface area contributed by atoms with Crippen molar-refractivity contribution in [1.29, 1.82) is 0 Å². The Balaban J connectivity index is 2.49. The van der Waals surface area contributed by atoms with Gasteiger partial charge in [-0.3, -0.25) is 4.79 Å². The van der Waals surface area contributed by atoms with E-state index in [4.69, 9.17) is 16.7 Å². The van der Waals surface area contributed by atoms with Crippen LogP contribution in [0.3, 0.4) is 0 Å². The van der Waals surface area contributed by atoms with Crippen LogP contribution in [0.5, 0.6) is 0 Å². The van der Waals surface area contributed by atoms with Gasteiger partial charge >= 0.3 is 5.97 Å². The molecule has 118 valence electrons. The Kier molecular flexibility index (Phi) is 4.44. The Labute approximate surface area is 131 Å². The summed E-state index contributed by atoms with van der Waals surface area (Å²) in [5.41, 5.74) is 0.271. The molecular formula is C11H12ClN5O4S. The van der Waals surface area contributed by atoms with Gasteiger partial charge in [0.15, 0.2) is 0 Å². The number of carboxylic acids is 1. The number of benzene rings is 1. The topological polar surface area (TPSA) is 129 Å². The summed E-state index contributed by atoms with van der Waals surface area (Å²) in [5.74, 6) is -1.12. The second kappa shape index (κ2) is 5.99. The first kappa shape index (κ1) is 16.3. The monoisotopic (exact) mass is 345 g/mol. The normalized spacial score (nSPS) is 13.3. The summed E-state index contributed by atoms with van der Waals surface area (Å²) in [7, 11) is -2.81. The number of H-pyrrole nitrogens is 1. The van der Waals surface area contributed by atoms with E-state index in [1.165, 1.54) is 32.2 Å². The Bertz CT molecular complexity index is 793. The summed E-state index contributed by atoms with van der Waals surface area (Å²) < 4.78 is 25.7. The molecule has 9 nitrogen and oxygen atoms in total. The van der Waals surface area contributed by atoms with E-state index in [1.54, 1.807) is 0 Å². The van der Waals surface area contributed by atoms with Crippen molar-refractivity contribution in [1.82, 2.24) is 24.9 Å². The van der Waals surface area contributed by atoms with Crippen molar-refractivity contribution in [3.05, 3.63) is 23.2 Å². The third kappa shape index (κ3) is 2.93. The van der Waals surface area contributed by atoms with Gasteiger partial charge in [0.2, 0.25) is 15.8 Å². The molecule has 1 heterocycles. The number of carbonyl (C=O) groups is 1. The highest BCUT2D eigenvalue weighted by Crippen LogP contribution is 2.28. The summed E-state index contributed by atoms with van der Waals surface area (Å²) in [6.07, 6.45) is 0. The molecule has 2 aromatic rings. The minimum atomic E-state index is -4.01. The lowest BCUT2D eigenvalue weighted by Crippen LogP contribution is -2.40.